The summed E-state index contributed by atoms with van der Waals surface area (Å²) >= 11 is 0. The molecule has 1 amide bonds. The molecule has 5 nitrogen and oxygen atoms in total. The average Bonchev–Trinajstić information content (AvgIpc) is 2.94. The first kappa shape index (κ1) is 16.0. The summed E-state index contributed by atoms with van der Waals surface area (Å²) in [7, 11) is 0. The second-order valence-electron chi connectivity index (χ2n) is 7.31. The van der Waals surface area contributed by atoms with Crippen LogP contribution in [0, 0.1) is 0 Å². The summed E-state index contributed by atoms with van der Waals surface area (Å²) in [5.41, 5.74) is 1.99. The third-order valence-electron chi connectivity index (χ3n) is 4.21. The van der Waals surface area contributed by atoms with E-state index >= 15 is 0 Å². The van der Waals surface area contributed by atoms with Crippen molar-refractivity contribution in [2.75, 3.05) is 25.0 Å². The van der Waals surface area contributed by atoms with Crippen molar-refractivity contribution >= 4 is 11.8 Å². The van der Waals surface area contributed by atoms with Crippen LogP contribution < -0.4 is 10.1 Å². The second-order valence-corrected chi connectivity index (χ2v) is 7.31. The molecule has 0 saturated carbocycles. The topological polar surface area (TPSA) is 50.8 Å². The van der Waals surface area contributed by atoms with Gasteiger partial charge in [0.05, 0.1) is 6.61 Å². The number of ether oxygens (including phenoxy) is 2. The number of likely N-dealkylation sites (tertiary alicyclic amines) is 1. The Kier molecular flexibility index (Phi) is 4.37. The molecular formula is C18H26N2O3. The van der Waals surface area contributed by atoms with Crippen LogP contribution in [-0.2, 0) is 11.2 Å². The van der Waals surface area contributed by atoms with Crippen LogP contribution in [0.1, 0.15) is 39.2 Å². The van der Waals surface area contributed by atoms with Crippen molar-refractivity contribution in [1.82, 2.24) is 4.90 Å². The van der Waals surface area contributed by atoms with E-state index in [9.17, 15) is 4.79 Å². The maximum Gasteiger partial charge on any atom is 0.410 e. The summed E-state index contributed by atoms with van der Waals surface area (Å²) in [4.78, 5) is 13.9. The molecule has 0 aromatic heterocycles. The molecule has 5 heteroatoms. The Labute approximate surface area is 137 Å². The van der Waals surface area contributed by atoms with Gasteiger partial charge in [0, 0.05) is 31.2 Å². The molecule has 3 rings (SSSR count). The molecule has 1 N–H and O–H groups in total. The monoisotopic (exact) mass is 318 g/mol. The summed E-state index contributed by atoms with van der Waals surface area (Å²) < 4.78 is 11.0. The molecule has 2 aliphatic rings. The maximum atomic E-state index is 12.1. The van der Waals surface area contributed by atoms with Gasteiger partial charge in [-0.25, -0.2) is 4.79 Å². The van der Waals surface area contributed by atoms with E-state index in [1.807, 2.05) is 26.8 Å². The number of carbonyl (C=O) groups is 1. The second kappa shape index (κ2) is 6.30. The molecule has 2 aliphatic heterocycles. The van der Waals surface area contributed by atoms with Crippen molar-refractivity contribution < 1.29 is 14.3 Å². The molecule has 0 spiro atoms. The van der Waals surface area contributed by atoms with Gasteiger partial charge < -0.3 is 19.7 Å². The van der Waals surface area contributed by atoms with Crippen LogP contribution in [0.3, 0.4) is 0 Å². The van der Waals surface area contributed by atoms with E-state index in [0.29, 0.717) is 6.04 Å². The van der Waals surface area contributed by atoms with Crippen LogP contribution in [0.25, 0.3) is 0 Å². The summed E-state index contributed by atoms with van der Waals surface area (Å²) in [6, 6.07) is 6.70. The van der Waals surface area contributed by atoms with E-state index in [2.05, 4.69) is 17.4 Å². The smallest absolute Gasteiger partial charge is 0.410 e. The molecule has 0 aliphatic carbocycles. The first-order valence-corrected chi connectivity index (χ1v) is 8.41. The molecule has 23 heavy (non-hydrogen) atoms. The quantitative estimate of drug-likeness (QED) is 0.907. The zero-order chi connectivity index (χ0) is 16.4. The zero-order valence-electron chi connectivity index (χ0n) is 14.2. The molecule has 2 heterocycles. The SMILES string of the molecule is CC(C)(C)OC(=O)N1CCC(Nc2ccc3c(c2)CCO3)CC1. The largest absolute Gasteiger partial charge is 0.493 e. The van der Waals surface area contributed by atoms with E-state index in [4.69, 9.17) is 9.47 Å². The maximum absolute atomic E-state index is 12.1. The molecule has 1 aromatic rings. The predicted octanol–water partition coefficient (Wildman–Crippen LogP) is 3.43. The van der Waals surface area contributed by atoms with Crippen molar-refractivity contribution in [2.24, 2.45) is 0 Å². The fourth-order valence-electron chi connectivity index (χ4n) is 3.04. The van der Waals surface area contributed by atoms with Crippen LogP contribution in [0.15, 0.2) is 18.2 Å². The van der Waals surface area contributed by atoms with E-state index in [1.165, 1.54) is 5.56 Å². The number of fused-ring (bicyclic) bond motifs is 1. The lowest BCUT2D eigenvalue weighted by Crippen LogP contribution is -2.44. The first-order valence-electron chi connectivity index (χ1n) is 8.41. The number of anilines is 1. The van der Waals surface area contributed by atoms with Crippen LogP contribution >= 0.6 is 0 Å². The molecule has 0 unspecified atom stereocenters. The predicted molar refractivity (Wildman–Crippen MR) is 90.1 cm³/mol. The van der Waals surface area contributed by atoms with Crippen LogP contribution in [0.5, 0.6) is 5.75 Å². The van der Waals surface area contributed by atoms with Crippen molar-refractivity contribution in [3.05, 3.63) is 23.8 Å². The Balaban J connectivity index is 1.50. The lowest BCUT2D eigenvalue weighted by molar-refractivity contribution is 0.0210. The van der Waals surface area contributed by atoms with Crippen LogP contribution in [0.2, 0.25) is 0 Å². The molecule has 0 radical (unpaired) electrons. The standard InChI is InChI=1S/C18H26N2O3/c1-18(2,3)23-17(21)20-9-6-14(7-10-20)19-15-4-5-16-13(12-15)8-11-22-16/h4-5,12,14,19H,6-11H2,1-3H3. The van der Waals surface area contributed by atoms with E-state index in [1.54, 1.807) is 4.90 Å². The fourth-order valence-corrected chi connectivity index (χ4v) is 3.04. The van der Waals surface area contributed by atoms with Gasteiger partial charge in [-0.05, 0) is 57.4 Å². The highest BCUT2D eigenvalue weighted by Gasteiger charge is 2.27. The lowest BCUT2D eigenvalue weighted by atomic mass is 10.0. The fraction of sp³-hybridized carbons (Fsp3) is 0.611. The van der Waals surface area contributed by atoms with Gasteiger partial charge in [0.25, 0.3) is 0 Å². The lowest BCUT2D eigenvalue weighted by Gasteiger charge is -2.34. The third kappa shape index (κ3) is 4.09. The van der Waals surface area contributed by atoms with Gasteiger partial charge in [-0.2, -0.15) is 0 Å². The Morgan fingerprint density at radius 2 is 2.04 bits per heavy atom. The van der Waals surface area contributed by atoms with Crippen molar-refractivity contribution in [1.29, 1.82) is 0 Å². The summed E-state index contributed by atoms with van der Waals surface area (Å²) in [5.74, 6) is 1.01. The molecule has 0 bridgehead atoms. The van der Waals surface area contributed by atoms with Crippen molar-refractivity contribution in [2.45, 2.75) is 51.7 Å². The number of rotatable bonds is 2. The molecular weight excluding hydrogens is 292 g/mol. The van der Waals surface area contributed by atoms with Gasteiger partial charge in [0.2, 0.25) is 0 Å². The highest BCUT2D eigenvalue weighted by molar-refractivity contribution is 5.68. The molecule has 0 atom stereocenters. The molecule has 1 saturated heterocycles. The van der Waals surface area contributed by atoms with Gasteiger partial charge in [0.15, 0.2) is 0 Å². The number of carbonyl (C=O) groups excluding carboxylic acids is 1. The van der Waals surface area contributed by atoms with E-state index < -0.39 is 5.60 Å². The highest BCUT2D eigenvalue weighted by atomic mass is 16.6. The number of piperidine rings is 1. The van der Waals surface area contributed by atoms with E-state index in [-0.39, 0.29) is 6.09 Å². The minimum atomic E-state index is -0.432. The van der Waals surface area contributed by atoms with Gasteiger partial charge in [-0.3, -0.25) is 0 Å². The van der Waals surface area contributed by atoms with E-state index in [0.717, 1.165) is 50.4 Å². The number of hydrogen-bond donors (Lipinski definition) is 1. The van der Waals surface area contributed by atoms with Gasteiger partial charge in [-0.15, -0.1) is 0 Å². The number of hydrogen-bond acceptors (Lipinski definition) is 4. The number of benzene rings is 1. The normalized spacial score (nSPS) is 18.3. The summed E-state index contributed by atoms with van der Waals surface area (Å²) in [6.45, 7) is 7.96. The summed E-state index contributed by atoms with van der Waals surface area (Å²) in [5, 5.41) is 3.58. The van der Waals surface area contributed by atoms with Crippen LogP contribution in [-0.4, -0.2) is 42.3 Å². The van der Waals surface area contributed by atoms with Crippen LogP contribution in [0.4, 0.5) is 10.5 Å². The Hall–Kier alpha value is -1.91. The van der Waals surface area contributed by atoms with Gasteiger partial charge in [0.1, 0.15) is 11.4 Å². The summed E-state index contributed by atoms with van der Waals surface area (Å²) in [6.07, 6.45) is 2.66. The van der Waals surface area contributed by atoms with Crippen molar-refractivity contribution in [3.63, 3.8) is 0 Å². The average molecular weight is 318 g/mol. The minimum Gasteiger partial charge on any atom is -0.493 e. The number of amides is 1. The Morgan fingerprint density at radius 1 is 1.30 bits per heavy atom. The zero-order valence-corrected chi connectivity index (χ0v) is 14.2. The van der Waals surface area contributed by atoms with Crippen molar-refractivity contribution in [3.8, 4) is 5.75 Å². The number of nitrogens with zero attached hydrogens (tertiary/aromatic N) is 1. The van der Waals surface area contributed by atoms with Gasteiger partial charge in [-0.1, -0.05) is 0 Å². The Bertz CT molecular complexity index is 572. The highest BCUT2D eigenvalue weighted by Crippen LogP contribution is 2.29. The Morgan fingerprint density at radius 3 is 2.74 bits per heavy atom. The first-order chi connectivity index (χ1) is 10.9. The molecule has 126 valence electrons. The van der Waals surface area contributed by atoms with Gasteiger partial charge >= 0.3 is 6.09 Å². The molecule has 1 fully saturated rings. The number of nitrogens with one attached hydrogen (secondary N) is 1. The molecule has 1 aromatic carbocycles. The minimum absolute atomic E-state index is 0.203. The third-order valence-corrected chi connectivity index (χ3v) is 4.21.